The maximum atomic E-state index is 3.86. The van der Waals surface area contributed by atoms with Crippen molar-refractivity contribution in [1.82, 2.24) is 0 Å². The van der Waals surface area contributed by atoms with Crippen LogP contribution in [0.15, 0.2) is 24.3 Å². The fraction of sp³-hybridized carbons (Fsp3) is 0.706. The molecule has 0 aliphatic rings. The highest BCUT2D eigenvalue weighted by Gasteiger charge is 1.87. The van der Waals surface area contributed by atoms with Crippen molar-refractivity contribution < 1.29 is 0 Å². The lowest BCUT2D eigenvalue weighted by molar-refractivity contribution is 0.621. The highest BCUT2D eigenvalue weighted by atomic mass is 13.9. The van der Waals surface area contributed by atoms with Crippen LogP contribution in [0.1, 0.15) is 77.6 Å². The SMILES string of the molecule is [CH2]CCCCCCC/C=C/C=C\CCCCC. The monoisotopic (exact) mass is 235 g/mol. The Balaban J connectivity index is 3.13. The fourth-order valence-corrected chi connectivity index (χ4v) is 1.83. The lowest BCUT2D eigenvalue weighted by Gasteiger charge is -1.97. The second-order valence-electron chi connectivity index (χ2n) is 4.76. The van der Waals surface area contributed by atoms with E-state index in [1.54, 1.807) is 0 Å². The van der Waals surface area contributed by atoms with Crippen molar-refractivity contribution in [1.29, 1.82) is 0 Å². The molecule has 0 aliphatic carbocycles. The molecule has 0 aromatic carbocycles. The summed E-state index contributed by atoms with van der Waals surface area (Å²) in [5.74, 6) is 0. The van der Waals surface area contributed by atoms with Gasteiger partial charge in [0.15, 0.2) is 0 Å². The standard InChI is InChI=1S/C17H31/c1-3-5-7-9-11-13-15-17-16-14-12-10-8-6-4-2/h12,14,16-17H,1,3-11,13,15H2,2H3/b14-12-,17-16+. The molecule has 0 amide bonds. The molecular formula is C17H31. The van der Waals surface area contributed by atoms with Gasteiger partial charge in [0.1, 0.15) is 0 Å². The molecule has 0 aromatic rings. The summed E-state index contributed by atoms with van der Waals surface area (Å²) < 4.78 is 0. The average Bonchev–Trinajstić information content (AvgIpc) is 2.35. The molecule has 0 saturated heterocycles. The van der Waals surface area contributed by atoms with Gasteiger partial charge in [-0.15, -0.1) is 0 Å². The Morgan fingerprint density at radius 3 is 1.82 bits per heavy atom. The Labute approximate surface area is 109 Å². The molecule has 0 heteroatoms. The number of hydrogen-bond acceptors (Lipinski definition) is 0. The largest absolute Gasteiger partial charge is 0.0845 e. The Bertz CT molecular complexity index is 176. The van der Waals surface area contributed by atoms with Gasteiger partial charge in [-0.05, 0) is 25.7 Å². The van der Waals surface area contributed by atoms with Crippen molar-refractivity contribution in [3.8, 4) is 0 Å². The second kappa shape index (κ2) is 15.5. The summed E-state index contributed by atoms with van der Waals surface area (Å²) in [6, 6.07) is 0. The number of unbranched alkanes of at least 4 members (excludes halogenated alkanes) is 9. The Kier molecular flexibility index (Phi) is 15.0. The molecule has 0 bridgehead atoms. The summed E-state index contributed by atoms with van der Waals surface area (Å²) in [5, 5.41) is 0. The van der Waals surface area contributed by atoms with Gasteiger partial charge in [-0.3, -0.25) is 0 Å². The zero-order valence-corrected chi connectivity index (χ0v) is 11.8. The van der Waals surface area contributed by atoms with E-state index in [1.165, 1.54) is 64.2 Å². The van der Waals surface area contributed by atoms with Crippen molar-refractivity contribution >= 4 is 0 Å². The zero-order chi connectivity index (χ0) is 12.6. The molecule has 0 aliphatic heterocycles. The van der Waals surface area contributed by atoms with E-state index in [1.807, 2.05) is 0 Å². The summed E-state index contributed by atoms with van der Waals surface area (Å²) in [7, 11) is 0. The molecular weight excluding hydrogens is 204 g/mol. The van der Waals surface area contributed by atoms with Gasteiger partial charge in [-0.1, -0.05) is 83.1 Å². The van der Waals surface area contributed by atoms with Crippen LogP contribution in [0.25, 0.3) is 0 Å². The zero-order valence-electron chi connectivity index (χ0n) is 11.8. The molecule has 0 nitrogen and oxygen atoms in total. The number of allylic oxidation sites excluding steroid dienone is 4. The number of hydrogen-bond donors (Lipinski definition) is 0. The Morgan fingerprint density at radius 1 is 0.706 bits per heavy atom. The van der Waals surface area contributed by atoms with Crippen LogP contribution in [0.5, 0.6) is 0 Å². The molecule has 0 N–H and O–H groups in total. The van der Waals surface area contributed by atoms with E-state index in [0.717, 1.165) is 6.42 Å². The molecule has 99 valence electrons. The quantitative estimate of drug-likeness (QED) is 0.277. The maximum absolute atomic E-state index is 3.86. The molecule has 0 saturated carbocycles. The third-order valence-corrected chi connectivity index (χ3v) is 2.98. The van der Waals surface area contributed by atoms with Crippen molar-refractivity contribution in [2.75, 3.05) is 0 Å². The Hall–Kier alpha value is -0.520. The van der Waals surface area contributed by atoms with E-state index in [2.05, 4.69) is 38.2 Å². The van der Waals surface area contributed by atoms with Crippen LogP contribution in [-0.2, 0) is 0 Å². The van der Waals surface area contributed by atoms with Crippen LogP contribution in [0, 0.1) is 6.92 Å². The molecule has 0 fully saturated rings. The normalized spacial score (nSPS) is 11.9. The van der Waals surface area contributed by atoms with Gasteiger partial charge in [0.05, 0.1) is 0 Å². The van der Waals surface area contributed by atoms with Gasteiger partial charge < -0.3 is 0 Å². The van der Waals surface area contributed by atoms with Gasteiger partial charge in [-0.25, -0.2) is 0 Å². The average molecular weight is 235 g/mol. The van der Waals surface area contributed by atoms with Crippen LogP contribution in [0.4, 0.5) is 0 Å². The van der Waals surface area contributed by atoms with E-state index < -0.39 is 0 Å². The summed E-state index contributed by atoms with van der Waals surface area (Å²) >= 11 is 0. The smallest absolute Gasteiger partial charge is 0.0348 e. The molecule has 1 radical (unpaired) electrons. The van der Waals surface area contributed by atoms with E-state index in [-0.39, 0.29) is 0 Å². The van der Waals surface area contributed by atoms with Crippen LogP contribution in [-0.4, -0.2) is 0 Å². The molecule has 0 aromatic heterocycles. The first-order valence-electron chi connectivity index (χ1n) is 7.52. The van der Waals surface area contributed by atoms with Crippen LogP contribution in [0.3, 0.4) is 0 Å². The van der Waals surface area contributed by atoms with Gasteiger partial charge in [0, 0.05) is 0 Å². The lowest BCUT2D eigenvalue weighted by atomic mass is 10.1. The van der Waals surface area contributed by atoms with Crippen LogP contribution < -0.4 is 0 Å². The minimum Gasteiger partial charge on any atom is -0.0845 e. The van der Waals surface area contributed by atoms with Gasteiger partial charge in [-0.2, -0.15) is 0 Å². The van der Waals surface area contributed by atoms with Crippen molar-refractivity contribution in [3.05, 3.63) is 31.2 Å². The summed E-state index contributed by atoms with van der Waals surface area (Å²) in [4.78, 5) is 0. The van der Waals surface area contributed by atoms with Gasteiger partial charge >= 0.3 is 0 Å². The number of rotatable bonds is 12. The molecule has 0 spiro atoms. The van der Waals surface area contributed by atoms with Crippen molar-refractivity contribution in [2.24, 2.45) is 0 Å². The first-order valence-corrected chi connectivity index (χ1v) is 7.52. The first kappa shape index (κ1) is 16.5. The molecule has 0 atom stereocenters. The lowest BCUT2D eigenvalue weighted by Crippen LogP contribution is -1.77. The van der Waals surface area contributed by atoms with E-state index in [0.29, 0.717) is 0 Å². The van der Waals surface area contributed by atoms with Crippen LogP contribution >= 0.6 is 0 Å². The molecule has 17 heavy (non-hydrogen) atoms. The van der Waals surface area contributed by atoms with E-state index in [4.69, 9.17) is 0 Å². The molecule has 0 heterocycles. The van der Waals surface area contributed by atoms with E-state index in [9.17, 15) is 0 Å². The minimum absolute atomic E-state index is 1.10. The third-order valence-electron chi connectivity index (χ3n) is 2.98. The van der Waals surface area contributed by atoms with Crippen molar-refractivity contribution in [3.63, 3.8) is 0 Å². The summed E-state index contributed by atoms with van der Waals surface area (Å²) in [5.41, 5.74) is 0. The second-order valence-corrected chi connectivity index (χ2v) is 4.76. The highest BCUT2D eigenvalue weighted by molar-refractivity contribution is 5.02. The predicted molar refractivity (Wildman–Crippen MR) is 80.1 cm³/mol. The van der Waals surface area contributed by atoms with Gasteiger partial charge in [0.2, 0.25) is 0 Å². The van der Waals surface area contributed by atoms with Crippen LogP contribution in [0.2, 0.25) is 0 Å². The minimum atomic E-state index is 1.10. The topological polar surface area (TPSA) is 0 Å². The molecule has 0 unspecified atom stereocenters. The fourth-order valence-electron chi connectivity index (χ4n) is 1.83. The third kappa shape index (κ3) is 15.5. The van der Waals surface area contributed by atoms with Crippen molar-refractivity contribution in [2.45, 2.75) is 77.6 Å². The first-order chi connectivity index (χ1) is 8.41. The highest BCUT2D eigenvalue weighted by Crippen LogP contribution is 2.07. The predicted octanol–water partition coefficient (Wildman–Crippen LogP) is 6.24. The van der Waals surface area contributed by atoms with E-state index >= 15 is 0 Å². The Morgan fingerprint density at radius 2 is 1.24 bits per heavy atom. The molecule has 0 rings (SSSR count). The van der Waals surface area contributed by atoms with Gasteiger partial charge in [0.25, 0.3) is 0 Å². The summed E-state index contributed by atoms with van der Waals surface area (Å²) in [6.07, 6.45) is 23.4. The maximum Gasteiger partial charge on any atom is -0.0348 e. The summed E-state index contributed by atoms with van der Waals surface area (Å²) in [6.45, 7) is 6.11.